The summed E-state index contributed by atoms with van der Waals surface area (Å²) in [5.41, 5.74) is 16.5. The first-order valence-electron chi connectivity index (χ1n) is 15.1. The van der Waals surface area contributed by atoms with Crippen molar-refractivity contribution in [3.8, 4) is 22.3 Å². The average Bonchev–Trinajstić information content (AvgIpc) is 3.57. The van der Waals surface area contributed by atoms with Gasteiger partial charge in [0.1, 0.15) is 0 Å². The van der Waals surface area contributed by atoms with E-state index < -0.39 is 0 Å². The smallest absolute Gasteiger partial charge is 0.0254 e. The van der Waals surface area contributed by atoms with Crippen LogP contribution < -0.4 is 0 Å². The van der Waals surface area contributed by atoms with Crippen LogP contribution in [-0.2, 0) is 0 Å². The van der Waals surface area contributed by atoms with E-state index in [4.69, 9.17) is 0 Å². The molecule has 0 saturated carbocycles. The quantitative estimate of drug-likeness (QED) is 0.183. The third-order valence-corrected chi connectivity index (χ3v) is 10.8. The maximum atomic E-state index is 3.90. The Morgan fingerprint density at radius 3 is 1.88 bits per heavy atom. The Hall–Kier alpha value is -4.72. The molecule has 43 heavy (non-hydrogen) atoms. The van der Waals surface area contributed by atoms with Crippen molar-refractivity contribution in [1.82, 2.24) is 0 Å². The summed E-state index contributed by atoms with van der Waals surface area (Å²) in [5, 5.41) is 5.47. The average molecular weight is 610 g/mol. The van der Waals surface area contributed by atoms with Crippen LogP contribution in [0.25, 0.3) is 54.9 Å². The number of hydrogen-bond donors (Lipinski definition) is 0. The molecule has 0 aliphatic heterocycles. The highest BCUT2D eigenvalue weighted by Gasteiger charge is 2.45. The second kappa shape index (κ2) is 8.66. The van der Waals surface area contributed by atoms with E-state index in [-0.39, 0.29) is 11.8 Å². The van der Waals surface area contributed by atoms with Crippen LogP contribution in [0.1, 0.15) is 45.2 Å². The maximum absolute atomic E-state index is 3.90. The van der Waals surface area contributed by atoms with Crippen molar-refractivity contribution in [3.63, 3.8) is 0 Å². The Morgan fingerprint density at radius 1 is 0.442 bits per heavy atom. The number of halogens is 1. The van der Waals surface area contributed by atoms with Gasteiger partial charge in [0.2, 0.25) is 0 Å². The highest BCUT2D eigenvalue weighted by atomic mass is 79.9. The minimum absolute atomic E-state index is 0.184. The Labute approximate surface area is 259 Å². The minimum Gasteiger partial charge on any atom is -0.0622 e. The summed E-state index contributed by atoms with van der Waals surface area (Å²) in [7, 11) is 0. The van der Waals surface area contributed by atoms with Gasteiger partial charge < -0.3 is 0 Å². The van der Waals surface area contributed by atoms with E-state index in [1.807, 2.05) is 0 Å². The number of hydrogen-bond acceptors (Lipinski definition) is 0. The van der Waals surface area contributed by atoms with Gasteiger partial charge in [-0.1, -0.05) is 143 Å². The number of benzene rings is 7. The van der Waals surface area contributed by atoms with Crippen LogP contribution in [0.2, 0.25) is 0 Å². The summed E-state index contributed by atoms with van der Waals surface area (Å²) in [6.45, 7) is 0. The van der Waals surface area contributed by atoms with Crippen LogP contribution in [0.15, 0.2) is 144 Å². The highest BCUT2D eigenvalue weighted by molar-refractivity contribution is 9.10. The van der Waals surface area contributed by atoms with Crippen molar-refractivity contribution >= 4 is 48.6 Å². The van der Waals surface area contributed by atoms with Crippen molar-refractivity contribution in [1.29, 1.82) is 0 Å². The number of allylic oxidation sites excluding steroid dienone is 1. The van der Waals surface area contributed by atoms with E-state index in [0.29, 0.717) is 0 Å². The highest BCUT2D eigenvalue weighted by Crippen LogP contribution is 2.64. The largest absolute Gasteiger partial charge is 0.0622 e. The van der Waals surface area contributed by atoms with E-state index >= 15 is 0 Å². The first-order chi connectivity index (χ1) is 21.3. The SMILES string of the molecule is Brc1ccc2c3c(cccc13)C1=C(c3ccccc3)c3cc4c5c(cccc5c3C(c3ccccc3)C12)-c1ccccc1-4. The standard InChI is InChI=1S/C42H25Br/c43-35-22-21-32-39-29(35)18-10-20-31(39)41-36(24-11-3-1-4-12-24)34-23-33-27-16-8-7-15-26(27)28-17-9-19-30(38(28)33)40(34)37(42(32)41)25-13-5-2-6-14-25/h1-23,37,42H. The second-order valence-corrected chi connectivity index (χ2v) is 12.9. The van der Waals surface area contributed by atoms with Gasteiger partial charge in [0.25, 0.3) is 0 Å². The summed E-state index contributed by atoms with van der Waals surface area (Å²) in [5.74, 6) is 0.391. The van der Waals surface area contributed by atoms with Crippen LogP contribution in [0.4, 0.5) is 0 Å². The van der Waals surface area contributed by atoms with Crippen molar-refractivity contribution < 1.29 is 0 Å². The molecule has 200 valence electrons. The van der Waals surface area contributed by atoms with Gasteiger partial charge in [-0.15, -0.1) is 0 Å². The molecule has 10 rings (SSSR count). The molecule has 7 aromatic carbocycles. The van der Waals surface area contributed by atoms with E-state index in [1.54, 1.807) is 0 Å². The Morgan fingerprint density at radius 2 is 1.09 bits per heavy atom. The zero-order valence-corrected chi connectivity index (χ0v) is 24.9. The minimum atomic E-state index is 0.184. The predicted octanol–water partition coefficient (Wildman–Crippen LogP) is 11.6. The monoisotopic (exact) mass is 608 g/mol. The fourth-order valence-corrected chi connectivity index (χ4v) is 8.99. The van der Waals surface area contributed by atoms with Crippen molar-refractivity contribution in [2.24, 2.45) is 0 Å². The lowest BCUT2D eigenvalue weighted by molar-refractivity contribution is 0.739. The van der Waals surface area contributed by atoms with Crippen LogP contribution in [0.5, 0.6) is 0 Å². The first-order valence-corrected chi connectivity index (χ1v) is 15.8. The van der Waals surface area contributed by atoms with Gasteiger partial charge in [0.05, 0.1) is 0 Å². The molecule has 0 nitrogen and oxygen atoms in total. The molecule has 7 aromatic rings. The molecular formula is C42H25Br. The van der Waals surface area contributed by atoms with Crippen molar-refractivity contribution in [3.05, 3.63) is 177 Å². The van der Waals surface area contributed by atoms with E-state index in [2.05, 4.69) is 155 Å². The summed E-state index contributed by atoms with van der Waals surface area (Å²) < 4.78 is 1.16. The van der Waals surface area contributed by atoms with Gasteiger partial charge in [-0.05, 0) is 100 Å². The molecule has 0 bridgehead atoms. The molecule has 0 fully saturated rings. The van der Waals surface area contributed by atoms with Gasteiger partial charge >= 0.3 is 0 Å². The molecule has 0 spiro atoms. The first kappa shape index (κ1) is 23.8. The van der Waals surface area contributed by atoms with Crippen LogP contribution in [0.3, 0.4) is 0 Å². The van der Waals surface area contributed by atoms with Gasteiger partial charge in [-0.2, -0.15) is 0 Å². The third-order valence-electron chi connectivity index (χ3n) is 10.1. The van der Waals surface area contributed by atoms with E-state index in [9.17, 15) is 0 Å². The Bertz CT molecular complexity index is 2340. The van der Waals surface area contributed by atoms with Gasteiger partial charge in [0.15, 0.2) is 0 Å². The zero-order valence-electron chi connectivity index (χ0n) is 23.3. The lowest BCUT2D eigenvalue weighted by Gasteiger charge is -2.37. The molecular weight excluding hydrogens is 584 g/mol. The van der Waals surface area contributed by atoms with Gasteiger partial charge in [-0.25, -0.2) is 0 Å². The molecule has 0 heterocycles. The fraction of sp³-hybridized carbons (Fsp3) is 0.0476. The lowest BCUT2D eigenvalue weighted by Crippen LogP contribution is -2.20. The van der Waals surface area contributed by atoms with Crippen LogP contribution in [-0.4, -0.2) is 0 Å². The summed E-state index contributed by atoms with van der Waals surface area (Å²) in [4.78, 5) is 0. The predicted molar refractivity (Wildman–Crippen MR) is 183 cm³/mol. The molecule has 0 N–H and O–H groups in total. The van der Waals surface area contributed by atoms with Crippen LogP contribution in [0, 0.1) is 0 Å². The molecule has 0 radical (unpaired) electrons. The Kier molecular flexibility index (Phi) is 4.79. The molecule has 2 unspecified atom stereocenters. The van der Waals surface area contributed by atoms with Crippen molar-refractivity contribution in [2.45, 2.75) is 11.8 Å². The zero-order chi connectivity index (χ0) is 28.2. The summed E-state index contributed by atoms with van der Waals surface area (Å²) in [6.07, 6.45) is 0. The third kappa shape index (κ3) is 3.05. The molecule has 0 aromatic heterocycles. The number of rotatable bonds is 2. The van der Waals surface area contributed by atoms with Gasteiger partial charge in [-0.3, -0.25) is 0 Å². The molecule has 1 heteroatoms. The second-order valence-electron chi connectivity index (χ2n) is 12.0. The van der Waals surface area contributed by atoms with E-state index in [1.165, 1.54) is 88.3 Å². The lowest BCUT2D eigenvalue weighted by atomic mass is 9.65. The van der Waals surface area contributed by atoms with Crippen LogP contribution >= 0.6 is 15.9 Å². The summed E-state index contributed by atoms with van der Waals surface area (Å²) >= 11 is 3.90. The van der Waals surface area contributed by atoms with E-state index in [0.717, 1.165) is 4.47 Å². The molecule has 2 atom stereocenters. The molecule has 3 aliphatic carbocycles. The topological polar surface area (TPSA) is 0 Å². The van der Waals surface area contributed by atoms with Crippen molar-refractivity contribution in [2.75, 3.05) is 0 Å². The fourth-order valence-electron chi connectivity index (χ4n) is 8.53. The van der Waals surface area contributed by atoms with Gasteiger partial charge in [0, 0.05) is 16.3 Å². The molecule has 3 aliphatic rings. The Balaban J connectivity index is 1.44. The number of fused-ring (bicyclic) bond motifs is 8. The molecule has 0 amide bonds. The molecule has 0 saturated heterocycles. The normalized spacial score (nSPS) is 17.3. The maximum Gasteiger partial charge on any atom is 0.0254 e. The summed E-state index contributed by atoms with van der Waals surface area (Å²) in [6, 6.07) is 52.3.